The summed E-state index contributed by atoms with van der Waals surface area (Å²) in [6.45, 7) is 14.7. The number of hydrogen-bond donors (Lipinski definition) is 3. The number of carbonyl (C=O) groups excluding carboxylic acids is 3. The van der Waals surface area contributed by atoms with Gasteiger partial charge in [0.25, 0.3) is 0 Å². The molecule has 8 rings (SSSR count). The third-order valence-corrected chi connectivity index (χ3v) is 12.2. The topological polar surface area (TPSA) is 197 Å². The van der Waals surface area contributed by atoms with Crippen molar-refractivity contribution >= 4 is 73.3 Å². The average Bonchev–Trinajstić information content (AvgIpc) is 3.83. The second kappa shape index (κ2) is 26.3. The Labute approximate surface area is 415 Å². The van der Waals surface area contributed by atoms with Crippen LogP contribution < -0.4 is 22.1 Å². The van der Waals surface area contributed by atoms with Crippen LogP contribution in [-0.4, -0.2) is 145 Å². The zero-order chi connectivity index (χ0) is 50.2. The number of likely N-dealkylation sites (N-methyl/N-ethyl adjacent to an activating group) is 2. The number of amides is 2. The summed E-state index contributed by atoms with van der Waals surface area (Å²) in [6.07, 6.45) is -0.0543. The molecule has 0 spiro atoms. The monoisotopic (exact) mass is 1000 g/mol. The maximum Gasteiger partial charge on any atom is 0.420 e. The number of ether oxygens (including phenoxy) is 2. The number of aliphatic hydroxyl groups excluding tert-OH is 1. The van der Waals surface area contributed by atoms with E-state index in [9.17, 15) is 29.1 Å². The van der Waals surface area contributed by atoms with E-state index in [4.69, 9.17) is 18.3 Å². The first-order valence-electron chi connectivity index (χ1n) is 23.2. The minimum atomic E-state index is -0.646. The van der Waals surface area contributed by atoms with Gasteiger partial charge in [-0.1, -0.05) is 30.3 Å². The third-order valence-electron chi connectivity index (χ3n) is 12.2. The fraction of sp³-hybridized carbons (Fsp3) is 0.420. The Morgan fingerprint density at radius 2 is 1.09 bits per heavy atom. The van der Waals surface area contributed by atoms with Crippen LogP contribution in [0.25, 0.3) is 22.2 Å². The van der Waals surface area contributed by atoms with Crippen LogP contribution in [0.1, 0.15) is 59.8 Å². The molecule has 2 aromatic heterocycles. The minimum Gasteiger partial charge on any atom is -0.449 e. The predicted molar refractivity (Wildman–Crippen MR) is 271 cm³/mol. The molecule has 0 radical (unpaired) electrons. The number of aliphatic hydroxyl groups is 1. The van der Waals surface area contributed by atoms with E-state index in [-0.39, 0.29) is 18.9 Å². The smallest absolute Gasteiger partial charge is 0.420 e. The van der Waals surface area contributed by atoms with Crippen molar-refractivity contribution in [3.05, 3.63) is 128 Å². The van der Waals surface area contributed by atoms with Gasteiger partial charge in [-0.15, -0.1) is 0 Å². The highest BCUT2D eigenvalue weighted by atomic mass is 36.5. The van der Waals surface area contributed by atoms with Gasteiger partial charge in [-0.25, -0.2) is 19.2 Å². The number of carbonyl (C=O) groups is 3. The second-order valence-electron chi connectivity index (χ2n) is 17.5. The van der Waals surface area contributed by atoms with E-state index < -0.39 is 29.8 Å². The van der Waals surface area contributed by atoms with Crippen LogP contribution in [0.15, 0.2) is 103 Å². The highest BCUT2D eigenvalue weighted by molar-refractivity contribution is 6.85. The number of fused-ring (bicyclic) bond motifs is 2. The van der Waals surface area contributed by atoms with E-state index >= 15 is 0 Å². The number of aromatic nitrogens is 2. The Bertz CT molecular complexity index is 2790. The van der Waals surface area contributed by atoms with Gasteiger partial charge in [-0.3, -0.25) is 24.6 Å². The lowest BCUT2D eigenvalue weighted by atomic mass is 10.1. The summed E-state index contributed by atoms with van der Waals surface area (Å²) < 4.78 is 24.4. The number of piperazine rings is 2. The predicted octanol–water partition coefficient (Wildman–Crippen LogP) is 7.29. The van der Waals surface area contributed by atoms with Crippen molar-refractivity contribution in [2.75, 3.05) is 103 Å². The molecule has 2 fully saturated rings. The number of nitrogens with one attached hydrogen (secondary N) is 2. The van der Waals surface area contributed by atoms with Crippen LogP contribution in [0, 0.1) is 0 Å². The summed E-state index contributed by atoms with van der Waals surface area (Å²) in [5.74, 6) is -1.08. The Hall–Kier alpha value is -5.99. The summed E-state index contributed by atoms with van der Waals surface area (Å²) in [5.41, 5.74) is 6.04. The fourth-order valence-electron chi connectivity index (χ4n) is 8.14. The number of anilines is 2. The summed E-state index contributed by atoms with van der Waals surface area (Å²) in [6, 6.07) is 24.7. The Balaban J connectivity index is 0.000000222. The van der Waals surface area contributed by atoms with E-state index in [2.05, 4.69) is 66.0 Å². The molecule has 1 unspecified atom stereocenters. The van der Waals surface area contributed by atoms with Crippen LogP contribution in [-0.2, 0) is 22.6 Å². The second-order valence-corrected chi connectivity index (χ2v) is 17.5. The summed E-state index contributed by atoms with van der Waals surface area (Å²) in [4.78, 5) is 70.2. The lowest BCUT2D eigenvalue weighted by molar-refractivity contribution is 0.101. The lowest BCUT2D eigenvalue weighted by Crippen LogP contribution is -2.44. The van der Waals surface area contributed by atoms with E-state index in [1.165, 1.54) is 16.1 Å². The van der Waals surface area contributed by atoms with Crippen molar-refractivity contribution in [3.8, 4) is 0 Å². The summed E-state index contributed by atoms with van der Waals surface area (Å²) in [7, 11) is 12.5. The van der Waals surface area contributed by atoms with Crippen molar-refractivity contribution in [2.24, 2.45) is 0 Å². The van der Waals surface area contributed by atoms with E-state index in [1.54, 1.807) is 73.7 Å². The maximum absolute atomic E-state index is 12.4. The van der Waals surface area contributed by atoms with Gasteiger partial charge in [-0.2, -0.15) is 0 Å². The molecule has 1 atom stereocenters. The summed E-state index contributed by atoms with van der Waals surface area (Å²) >= 11 is 0. The molecule has 20 heteroatoms. The van der Waals surface area contributed by atoms with Gasteiger partial charge in [0.2, 0.25) is 0 Å². The van der Waals surface area contributed by atoms with Gasteiger partial charge in [0.05, 0.1) is 43.4 Å². The van der Waals surface area contributed by atoms with Crippen LogP contribution in [0.5, 0.6) is 0 Å². The average molecular weight is 1010 g/mol. The largest absolute Gasteiger partial charge is 0.449 e. The van der Waals surface area contributed by atoms with Crippen LogP contribution in [0.4, 0.5) is 21.0 Å². The van der Waals surface area contributed by atoms with E-state index in [0.717, 1.165) is 89.4 Å². The standard InChI is InChI=1S/C25H32N4O5.C25H30N4O5.Cl2/c2*1-18(30)20-7-8-22-23(16-20)34-25(32)29(22)17-19-5-3-6-21(15-19)26-24(31)33-14-4-9-28-12-10-27(2)11-13-28;1-2/h3,5-8,15-16,18,30H,4,9-14,17H2,1-2H3,(H,26,31);3,5-8,15-16H,4,9-14,17H2,1-2H3,(H,26,31);. The zero-order valence-corrected chi connectivity index (χ0v) is 41.5. The zero-order valence-electron chi connectivity index (χ0n) is 40.0. The van der Waals surface area contributed by atoms with Crippen molar-refractivity contribution in [1.29, 1.82) is 0 Å². The molecule has 0 saturated carbocycles. The van der Waals surface area contributed by atoms with E-state index in [1.807, 2.05) is 18.2 Å². The number of nitrogens with zero attached hydrogens (tertiary/aromatic N) is 6. The van der Waals surface area contributed by atoms with Gasteiger partial charge in [-0.05, 0) is 112 Å². The number of ketones is 1. The van der Waals surface area contributed by atoms with Gasteiger partial charge >= 0.3 is 23.7 Å². The van der Waals surface area contributed by atoms with Crippen LogP contribution >= 0.6 is 21.7 Å². The molecule has 0 aliphatic carbocycles. The molecule has 4 heterocycles. The molecule has 18 nitrogen and oxygen atoms in total. The molecule has 2 amide bonds. The molecule has 2 aliphatic rings. The molecule has 70 heavy (non-hydrogen) atoms. The van der Waals surface area contributed by atoms with Gasteiger partial charge in [0, 0.05) is 104 Å². The third kappa shape index (κ3) is 15.5. The molecule has 4 aromatic carbocycles. The van der Waals surface area contributed by atoms with Crippen molar-refractivity contribution < 1.29 is 37.8 Å². The maximum atomic E-state index is 12.4. The first-order valence-corrected chi connectivity index (χ1v) is 24.4. The number of oxazole rings is 2. The number of benzene rings is 4. The van der Waals surface area contributed by atoms with Crippen molar-refractivity contribution in [2.45, 2.75) is 45.9 Å². The molecule has 2 saturated heterocycles. The highest BCUT2D eigenvalue weighted by Crippen LogP contribution is 2.22. The minimum absolute atomic E-state index is 0.0951. The molecular weight excluding hydrogens is 944 g/mol. The van der Waals surface area contributed by atoms with E-state index in [0.29, 0.717) is 57.9 Å². The fourth-order valence-corrected chi connectivity index (χ4v) is 8.14. The van der Waals surface area contributed by atoms with Gasteiger partial charge < -0.3 is 43.0 Å². The van der Waals surface area contributed by atoms with Gasteiger partial charge in [0.15, 0.2) is 16.9 Å². The summed E-state index contributed by atoms with van der Waals surface area (Å²) in [5, 5.41) is 15.3. The van der Waals surface area contributed by atoms with Crippen molar-refractivity contribution in [1.82, 2.24) is 28.7 Å². The number of hydrogen-bond acceptors (Lipinski definition) is 14. The van der Waals surface area contributed by atoms with Crippen molar-refractivity contribution in [3.63, 3.8) is 0 Å². The SMILES string of the molecule is CC(=O)c1ccc2c(c1)oc(=O)n2Cc1cccc(NC(=O)OCCCN2CCN(C)CC2)c1.CC(O)c1ccc2c(c1)oc(=O)n2Cc1cccc(NC(=O)OCCCN2CCN(C)CC2)c1.ClCl. The normalized spacial score (nSPS) is 15.1. The molecule has 0 bridgehead atoms. The molecule has 6 aromatic rings. The van der Waals surface area contributed by atoms with Crippen LogP contribution in [0.3, 0.4) is 0 Å². The Morgan fingerprint density at radius 1 is 0.643 bits per heavy atom. The molecular formula is C50H62Cl2N8O10. The molecule has 2 aliphatic heterocycles. The molecule has 376 valence electrons. The first-order chi connectivity index (χ1) is 33.8. The van der Waals surface area contributed by atoms with Gasteiger partial charge in [0.1, 0.15) is 0 Å². The quantitative estimate of drug-likeness (QED) is 0.0646. The Morgan fingerprint density at radius 3 is 1.53 bits per heavy atom. The Kier molecular flexibility index (Phi) is 20.0. The van der Waals surface area contributed by atoms with Crippen LogP contribution in [0.2, 0.25) is 0 Å². The lowest BCUT2D eigenvalue weighted by Gasteiger charge is -2.32. The highest BCUT2D eigenvalue weighted by Gasteiger charge is 2.17. The molecule has 3 N–H and O–H groups in total. The first kappa shape index (κ1) is 53.4. The number of Topliss-reactive ketones (excluding diaryl/α,β-unsaturated/α-hetero) is 1. The number of rotatable bonds is 16. The number of halogens is 2.